The summed E-state index contributed by atoms with van der Waals surface area (Å²) in [5.74, 6) is -1.83. The third kappa shape index (κ3) is 4.16. The number of aliphatic hydroxyl groups is 1. The molecular weight excluding hydrogens is 486 g/mol. The summed E-state index contributed by atoms with van der Waals surface area (Å²) in [5, 5.41) is 11.5. The zero-order valence-corrected chi connectivity index (χ0v) is 21.8. The van der Waals surface area contributed by atoms with Gasteiger partial charge in [0.15, 0.2) is 5.54 Å². The summed E-state index contributed by atoms with van der Waals surface area (Å²) < 4.78 is 11.1. The van der Waals surface area contributed by atoms with Gasteiger partial charge in [-0.1, -0.05) is 25.1 Å². The Balaban J connectivity index is 1.58. The van der Waals surface area contributed by atoms with Gasteiger partial charge in [-0.25, -0.2) is 0 Å². The lowest BCUT2D eigenvalue weighted by molar-refractivity contribution is -0.143. The van der Waals surface area contributed by atoms with Crippen LogP contribution in [0, 0.1) is 0 Å². The number of likely N-dealkylation sites (tertiary alicyclic amines) is 1. The minimum Gasteiger partial charge on any atom is -0.507 e. The third-order valence-corrected chi connectivity index (χ3v) is 7.50. The molecule has 2 fully saturated rings. The highest BCUT2D eigenvalue weighted by Gasteiger charge is 2.66. The second kappa shape index (κ2) is 10.6. The van der Waals surface area contributed by atoms with Crippen molar-refractivity contribution in [3.05, 3.63) is 65.2 Å². The fourth-order valence-corrected chi connectivity index (χ4v) is 5.62. The lowest BCUT2D eigenvalue weighted by atomic mass is 9.82. The van der Waals surface area contributed by atoms with Gasteiger partial charge in [0.2, 0.25) is 0 Å². The second-order valence-corrected chi connectivity index (χ2v) is 9.78. The number of carbonyl (C=O) groups is 3. The molecule has 2 saturated heterocycles. The van der Waals surface area contributed by atoms with Gasteiger partial charge in [0, 0.05) is 50.0 Å². The van der Waals surface area contributed by atoms with Crippen molar-refractivity contribution in [3.8, 4) is 5.75 Å². The number of hydrogen-bond donors (Lipinski definition) is 1. The number of ether oxygens (including phenoxy) is 2. The summed E-state index contributed by atoms with van der Waals surface area (Å²) in [6, 6.07) is 13.8. The molecule has 5 rings (SSSR count). The van der Waals surface area contributed by atoms with Crippen LogP contribution in [0.4, 0.5) is 5.69 Å². The normalized spacial score (nSPS) is 22.9. The van der Waals surface area contributed by atoms with E-state index in [1.165, 1.54) is 9.80 Å². The average Bonchev–Trinajstić information content (AvgIpc) is 3.31. The summed E-state index contributed by atoms with van der Waals surface area (Å²) in [5.41, 5.74) is -0.474. The minimum atomic E-state index is -1.73. The van der Waals surface area contributed by atoms with E-state index in [2.05, 4.69) is 4.90 Å². The zero-order chi connectivity index (χ0) is 26.9. The molecule has 3 aliphatic rings. The van der Waals surface area contributed by atoms with Gasteiger partial charge in [0.05, 0.1) is 25.4 Å². The van der Waals surface area contributed by atoms with Crippen LogP contribution in [0.25, 0.3) is 5.76 Å². The van der Waals surface area contributed by atoms with E-state index in [1.54, 1.807) is 55.6 Å². The summed E-state index contributed by atoms with van der Waals surface area (Å²) in [4.78, 5) is 46.3. The first-order valence-corrected chi connectivity index (χ1v) is 13.1. The summed E-state index contributed by atoms with van der Waals surface area (Å²) in [6.07, 6.45) is 1.42. The van der Waals surface area contributed by atoms with Crippen LogP contribution in [-0.2, 0) is 24.7 Å². The molecule has 2 aromatic rings. The van der Waals surface area contributed by atoms with Gasteiger partial charge in [-0.05, 0) is 43.2 Å². The highest BCUT2D eigenvalue weighted by atomic mass is 16.5. The van der Waals surface area contributed by atoms with E-state index in [1.807, 2.05) is 6.92 Å². The number of rotatable bonds is 8. The number of carbonyl (C=O) groups excluding carboxylic acids is 3. The van der Waals surface area contributed by atoms with Crippen molar-refractivity contribution in [3.63, 3.8) is 0 Å². The molecule has 0 radical (unpaired) electrons. The number of amides is 2. The number of likely N-dealkylation sites (N-methyl/N-ethyl adjacent to an activating group) is 1. The molecule has 9 nitrogen and oxygen atoms in total. The minimum absolute atomic E-state index is 0.191. The molecule has 38 heavy (non-hydrogen) atoms. The van der Waals surface area contributed by atoms with E-state index < -0.39 is 23.1 Å². The summed E-state index contributed by atoms with van der Waals surface area (Å²) in [7, 11) is 1.63. The molecule has 1 N–H and O–H groups in total. The maximum Gasteiger partial charge on any atom is 0.296 e. The van der Waals surface area contributed by atoms with E-state index in [9.17, 15) is 19.5 Å². The first kappa shape index (κ1) is 25.9. The predicted octanol–water partition coefficient (Wildman–Crippen LogP) is 2.75. The van der Waals surface area contributed by atoms with Crippen LogP contribution in [0.5, 0.6) is 5.75 Å². The van der Waals surface area contributed by atoms with Gasteiger partial charge in [0.1, 0.15) is 11.5 Å². The van der Waals surface area contributed by atoms with Gasteiger partial charge in [-0.15, -0.1) is 0 Å². The number of ketones is 1. The molecule has 0 saturated carbocycles. The van der Waals surface area contributed by atoms with Crippen molar-refractivity contribution in [1.82, 2.24) is 9.80 Å². The van der Waals surface area contributed by atoms with E-state index in [0.29, 0.717) is 55.4 Å². The van der Waals surface area contributed by atoms with Gasteiger partial charge in [-0.3, -0.25) is 19.3 Å². The van der Waals surface area contributed by atoms with Crippen LogP contribution in [0.1, 0.15) is 30.9 Å². The number of anilines is 1. The van der Waals surface area contributed by atoms with E-state index >= 15 is 0 Å². The van der Waals surface area contributed by atoms with Crippen molar-refractivity contribution < 1.29 is 29.0 Å². The van der Waals surface area contributed by atoms with Crippen molar-refractivity contribution >= 4 is 29.0 Å². The van der Waals surface area contributed by atoms with Crippen molar-refractivity contribution in [2.24, 2.45) is 0 Å². The second-order valence-electron chi connectivity index (χ2n) is 9.78. The van der Waals surface area contributed by atoms with Crippen molar-refractivity contribution in [2.45, 2.75) is 25.3 Å². The fourth-order valence-electron chi connectivity index (χ4n) is 5.62. The Morgan fingerprint density at radius 1 is 1.03 bits per heavy atom. The maximum atomic E-state index is 14.1. The number of benzene rings is 2. The zero-order valence-electron chi connectivity index (χ0n) is 21.8. The molecule has 3 heterocycles. The number of Topliss-reactive ketones (excluding diaryl/α,β-unsaturated/α-hetero) is 1. The topological polar surface area (TPSA) is 99.6 Å². The Bertz CT molecular complexity index is 1270. The average molecular weight is 520 g/mol. The molecule has 3 aliphatic heterocycles. The Labute approximate surface area is 222 Å². The standard InChI is InChI=1S/C29H33N3O6/c1-3-17-38-21-11-9-20(10-12-21)25(33)24-26(34)27(35)32(14-6-13-31-15-18-37-19-16-31)29(24)22-7-4-5-8-23(22)30(2)28(29)36/h4-5,7-12,33H,3,6,13-19H2,1-2H3. The highest BCUT2D eigenvalue weighted by Crippen LogP contribution is 2.53. The SMILES string of the molecule is CCCOc1ccc(C(O)=C2C(=O)C(=O)N(CCCN3CCOCC3)C23C(=O)N(C)c2ccccc23)cc1. The Hall–Kier alpha value is -3.69. The first-order chi connectivity index (χ1) is 18.4. The summed E-state index contributed by atoms with van der Waals surface area (Å²) >= 11 is 0. The summed E-state index contributed by atoms with van der Waals surface area (Å²) in [6.45, 7) is 6.37. The van der Waals surface area contributed by atoms with E-state index in [4.69, 9.17) is 9.47 Å². The van der Waals surface area contributed by atoms with Crippen LogP contribution in [0.3, 0.4) is 0 Å². The lowest BCUT2D eigenvalue weighted by Crippen LogP contribution is -2.52. The van der Waals surface area contributed by atoms with Crippen LogP contribution >= 0.6 is 0 Å². The smallest absolute Gasteiger partial charge is 0.296 e. The fraction of sp³-hybridized carbons (Fsp3) is 0.414. The first-order valence-electron chi connectivity index (χ1n) is 13.1. The monoisotopic (exact) mass is 519 g/mol. The van der Waals surface area contributed by atoms with Crippen LogP contribution in [0.2, 0.25) is 0 Å². The molecule has 0 aromatic heterocycles. The molecule has 0 bridgehead atoms. The Morgan fingerprint density at radius 2 is 1.74 bits per heavy atom. The largest absolute Gasteiger partial charge is 0.507 e. The van der Waals surface area contributed by atoms with Gasteiger partial charge >= 0.3 is 0 Å². The molecule has 0 aliphatic carbocycles. The van der Waals surface area contributed by atoms with Crippen molar-refractivity contribution in [2.75, 3.05) is 57.9 Å². The number of para-hydroxylation sites is 1. The molecule has 1 spiro atoms. The number of aliphatic hydroxyl groups excluding tert-OH is 1. The van der Waals surface area contributed by atoms with Gasteiger partial charge in [0.25, 0.3) is 17.6 Å². The van der Waals surface area contributed by atoms with Gasteiger partial charge in [-0.2, -0.15) is 0 Å². The molecule has 2 amide bonds. The quantitative estimate of drug-likeness (QED) is 0.325. The number of fused-ring (bicyclic) bond motifs is 2. The Morgan fingerprint density at radius 3 is 2.45 bits per heavy atom. The molecule has 200 valence electrons. The Kier molecular flexibility index (Phi) is 7.23. The molecule has 9 heteroatoms. The maximum absolute atomic E-state index is 14.1. The van der Waals surface area contributed by atoms with Gasteiger partial charge < -0.3 is 24.4 Å². The molecule has 2 aromatic carbocycles. The van der Waals surface area contributed by atoms with Crippen molar-refractivity contribution in [1.29, 1.82) is 0 Å². The van der Waals surface area contributed by atoms with Crippen LogP contribution in [-0.4, -0.2) is 85.6 Å². The molecule has 1 unspecified atom stereocenters. The highest BCUT2D eigenvalue weighted by molar-refractivity contribution is 6.50. The lowest BCUT2D eigenvalue weighted by Gasteiger charge is -2.35. The van der Waals surface area contributed by atoms with Crippen LogP contribution < -0.4 is 9.64 Å². The molecular formula is C29H33N3O6. The predicted molar refractivity (Wildman–Crippen MR) is 142 cm³/mol. The third-order valence-electron chi connectivity index (χ3n) is 7.50. The number of morpholine rings is 1. The van der Waals surface area contributed by atoms with E-state index in [0.717, 1.165) is 19.5 Å². The number of hydrogen-bond acceptors (Lipinski definition) is 7. The molecule has 1 atom stereocenters. The number of nitrogens with zero attached hydrogens (tertiary/aromatic N) is 3. The van der Waals surface area contributed by atoms with E-state index in [-0.39, 0.29) is 17.9 Å². The van der Waals surface area contributed by atoms with Crippen LogP contribution in [0.15, 0.2) is 54.1 Å².